The van der Waals surface area contributed by atoms with Crippen LogP contribution in [0.2, 0.25) is 0 Å². The Balaban J connectivity index is 1.88. The molecule has 1 heterocycles. The fourth-order valence-electron chi connectivity index (χ4n) is 3.79. The molecule has 0 spiro atoms. The molecule has 0 saturated heterocycles. The average molecular weight is 291 g/mol. The van der Waals surface area contributed by atoms with Crippen LogP contribution < -0.4 is 5.32 Å². The fraction of sp³-hybridized carbons (Fsp3) is 0.833. The van der Waals surface area contributed by atoms with Gasteiger partial charge in [0, 0.05) is 24.7 Å². The summed E-state index contributed by atoms with van der Waals surface area (Å²) in [5.74, 6) is 1.82. The van der Waals surface area contributed by atoms with Gasteiger partial charge in [-0.1, -0.05) is 32.6 Å². The number of hydrogen-bond donors (Lipinski definition) is 1. The largest absolute Gasteiger partial charge is 0.316 e. The third-order valence-corrected chi connectivity index (χ3v) is 5.15. The van der Waals surface area contributed by atoms with Gasteiger partial charge in [-0.2, -0.15) is 5.10 Å². The number of hydrogen-bond acceptors (Lipinski definition) is 2. The van der Waals surface area contributed by atoms with Crippen molar-refractivity contribution in [2.24, 2.45) is 11.8 Å². The minimum atomic E-state index is 0.455. The summed E-state index contributed by atoms with van der Waals surface area (Å²) in [6.07, 6.45) is 11.6. The van der Waals surface area contributed by atoms with Crippen molar-refractivity contribution in [3.05, 3.63) is 18.0 Å². The summed E-state index contributed by atoms with van der Waals surface area (Å²) in [6.45, 7) is 6.68. The van der Waals surface area contributed by atoms with E-state index in [0.29, 0.717) is 12.1 Å². The van der Waals surface area contributed by atoms with Gasteiger partial charge in [0.25, 0.3) is 0 Å². The van der Waals surface area contributed by atoms with Crippen LogP contribution in [-0.4, -0.2) is 22.9 Å². The molecule has 1 aliphatic carbocycles. The van der Waals surface area contributed by atoms with E-state index in [1.54, 1.807) is 0 Å². The summed E-state index contributed by atoms with van der Waals surface area (Å²) in [5, 5.41) is 8.27. The van der Waals surface area contributed by atoms with Crippen LogP contribution in [-0.2, 0) is 6.42 Å². The van der Waals surface area contributed by atoms with E-state index in [1.165, 1.54) is 44.2 Å². The molecule has 3 heteroatoms. The minimum absolute atomic E-state index is 0.455. The maximum Gasteiger partial charge on any atom is 0.0640 e. The lowest BCUT2D eigenvalue weighted by molar-refractivity contribution is 0.217. The van der Waals surface area contributed by atoms with Crippen molar-refractivity contribution < 1.29 is 0 Å². The van der Waals surface area contributed by atoms with Gasteiger partial charge in [0.05, 0.1) is 5.69 Å². The van der Waals surface area contributed by atoms with E-state index in [-0.39, 0.29) is 0 Å². The van der Waals surface area contributed by atoms with Gasteiger partial charge in [0.15, 0.2) is 0 Å². The van der Waals surface area contributed by atoms with Crippen LogP contribution in [0, 0.1) is 11.8 Å². The van der Waals surface area contributed by atoms with E-state index in [2.05, 4.69) is 50.1 Å². The molecule has 0 bridgehead atoms. The zero-order valence-electron chi connectivity index (χ0n) is 14.3. The number of rotatable bonds is 7. The Kier molecular flexibility index (Phi) is 6.28. The van der Waals surface area contributed by atoms with E-state index >= 15 is 0 Å². The summed E-state index contributed by atoms with van der Waals surface area (Å²) in [6, 6.07) is 3.23. The molecule has 1 aliphatic rings. The fourth-order valence-corrected chi connectivity index (χ4v) is 3.79. The maximum atomic E-state index is 4.71. The minimum Gasteiger partial charge on any atom is -0.316 e. The van der Waals surface area contributed by atoms with E-state index in [4.69, 9.17) is 5.10 Å². The molecule has 3 nitrogen and oxygen atoms in total. The molecule has 2 rings (SSSR count). The monoisotopic (exact) mass is 291 g/mol. The molecule has 1 aromatic heterocycles. The van der Waals surface area contributed by atoms with Gasteiger partial charge in [0.1, 0.15) is 0 Å². The van der Waals surface area contributed by atoms with Crippen molar-refractivity contribution >= 4 is 0 Å². The Morgan fingerprint density at radius 3 is 2.52 bits per heavy atom. The third kappa shape index (κ3) is 4.57. The Labute approximate surface area is 130 Å². The highest BCUT2D eigenvalue weighted by Gasteiger charge is 2.27. The smallest absolute Gasteiger partial charge is 0.0640 e. The summed E-state index contributed by atoms with van der Waals surface area (Å²) in [7, 11) is 2.11. The quantitative estimate of drug-likeness (QED) is 0.816. The predicted octanol–water partition coefficient (Wildman–Crippen LogP) is 4.20. The van der Waals surface area contributed by atoms with Crippen LogP contribution in [0.4, 0.5) is 0 Å². The normalized spacial score (nSPS) is 24.4. The highest BCUT2D eigenvalue weighted by molar-refractivity contribution is 5.03. The lowest BCUT2D eigenvalue weighted by atomic mass is 9.76. The van der Waals surface area contributed by atoms with Crippen molar-refractivity contribution in [3.8, 4) is 0 Å². The standard InChI is InChI=1S/C18H33N3/c1-5-6-15-7-9-16(10-8-15)18(19-4)13-17-11-12-21(20-17)14(2)3/h11-12,14-16,18-19H,5-10,13H2,1-4H3. The van der Waals surface area contributed by atoms with E-state index in [9.17, 15) is 0 Å². The second kappa shape index (κ2) is 7.98. The van der Waals surface area contributed by atoms with Gasteiger partial charge in [-0.3, -0.25) is 4.68 Å². The van der Waals surface area contributed by atoms with Crippen LogP contribution in [0.3, 0.4) is 0 Å². The molecule has 1 fully saturated rings. The molecular formula is C18H33N3. The molecule has 0 aromatic carbocycles. The van der Waals surface area contributed by atoms with Crippen molar-refractivity contribution in [2.45, 2.75) is 77.8 Å². The first-order valence-electron chi connectivity index (χ1n) is 8.85. The Morgan fingerprint density at radius 2 is 2.00 bits per heavy atom. The van der Waals surface area contributed by atoms with Crippen LogP contribution in [0.1, 0.15) is 71.0 Å². The SMILES string of the molecule is CCCC1CCC(C(Cc2ccn(C(C)C)n2)NC)CC1. The molecule has 0 aliphatic heterocycles. The van der Waals surface area contributed by atoms with Crippen LogP contribution in [0.25, 0.3) is 0 Å². The van der Waals surface area contributed by atoms with Crippen molar-refractivity contribution in [1.29, 1.82) is 0 Å². The van der Waals surface area contributed by atoms with Gasteiger partial charge in [-0.25, -0.2) is 0 Å². The molecule has 1 unspecified atom stereocenters. The van der Waals surface area contributed by atoms with Gasteiger partial charge < -0.3 is 5.32 Å². The average Bonchev–Trinajstić information content (AvgIpc) is 2.95. The number of aromatic nitrogens is 2. The van der Waals surface area contributed by atoms with Crippen molar-refractivity contribution in [2.75, 3.05) is 7.05 Å². The summed E-state index contributed by atoms with van der Waals surface area (Å²) < 4.78 is 2.07. The highest BCUT2D eigenvalue weighted by atomic mass is 15.3. The van der Waals surface area contributed by atoms with E-state index in [0.717, 1.165) is 18.3 Å². The Bertz CT molecular complexity index is 402. The first kappa shape index (κ1) is 16.5. The van der Waals surface area contributed by atoms with Gasteiger partial charge in [-0.05, 0) is 51.6 Å². The lowest BCUT2D eigenvalue weighted by Gasteiger charge is -2.33. The van der Waals surface area contributed by atoms with E-state index in [1.807, 2.05) is 0 Å². The number of nitrogens with one attached hydrogen (secondary N) is 1. The molecule has 1 N–H and O–H groups in total. The summed E-state index contributed by atoms with van der Waals surface area (Å²) in [4.78, 5) is 0. The number of likely N-dealkylation sites (N-methyl/N-ethyl adjacent to an activating group) is 1. The first-order chi connectivity index (χ1) is 10.1. The zero-order chi connectivity index (χ0) is 15.2. The predicted molar refractivity (Wildman–Crippen MR) is 89.5 cm³/mol. The molecule has 0 radical (unpaired) electrons. The molecule has 1 atom stereocenters. The maximum absolute atomic E-state index is 4.71. The topological polar surface area (TPSA) is 29.9 Å². The van der Waals surface area contributed by atoms with Crippen LogP contribution in [0.15, 0.2) is 12.3 Å². The third-order valence-electron chi connectivity index (χ3n) is 5.15. The Hall–Kier alpha value is -0.830. The lowest BCUT2D eigenvalue weighted by Crippen LogP contribution is -2.37. The number of nitrogens with zero attached hydrogens (tertiary/aromatic N) is 2. The zero-order valence-corrected chi connectivity index (χ0v) is 14.3. The van der Waals surface area contributed by atoms with Crippen molar-refractivity contribution in [1.82, 2.24) is 15.1 Å². The Morgan fingerprint density at radius 1 is 1.29 bits per heavy atom. The molecule has 1 aromatic rings. The second-order valence-corrected chi connectivity index (χ2v) is 7.05. The first-order valence-corrected chi connectivity index (χ1v) is 8.85. The highest BCUT2D eigenvalue weighted by Crippen LogP contribution is 2.33. The van der Waals surface area contributed by atoms with Crippen molar-refractivity contribution in [3.63, 3.8) is 0 Å². The molecule has 1 saturated carbocycles. The molecule has 21 heavy (non-hydrogen) atoms. The van der Waals surface area contributed by atoms with Crippen LogP contribution in [0.5, 0.6) is 0 Å². The molecule has 0 amide bonds. The molecule has 120 valence electrons. The second-order valence-electron chi connectivity index (χ2n) is 7.05. The van der Waals surface area contributed by atoms with Crippen LogP contribution >= 0.6 is 0 Å². The molecular weight excluding hydrogens is 258 g/mol. The van der Waals surface area contributed by atoms with Gasteiger partial charge >= 0.3 is 0 Å². The summed E-state index contributed by atoms with van der Waals surface area (Å²) in [5.41, 5.74) is 1.23. The van der Waals surface area contributed by atoms with Gasteiger partial charge in [-0.15, -0.1) is 0 Å². The van der Waals surface area contributed by atoms with Gasteiger partial charge in [0.2, 0.25) is 0 Å². The van der Waals surface area contributed by atoms with E-state index < -0.39 is 0 Å². The summed E-state index contributed by atoms with van der Waals surface area (Å²) >= 11 is 0.